The second-order valence-corrected chi connectivity index (χ2v) is 3.56. The van der Waals surface area contributed by atoms with Crippen molar-refractivity contribution in [2.45, 2.75) is 12.2 Å². The molecule has 1 aromatic carbocycles. The lowest BCUT2D eigenvalue weighted by molar-refractivity contribution is -0.157. The Morgan fingerprint density at radius 2 is 1.84 bits per heavy atom. The van der Waals surface area contributed by atoms with Crippen LogP contribution in [-0.2, 0) is 14.3 Å². The van der Waals surface area contributed by atoms with Gasteiger partial charge in [-0.2, -0.15) is 0 Å². The van der Waals surface area contributed by atoms with Gasteiger partial charge in [-0.3, -0.25) is 4.79 Å². The molecule has 0 heterocycles. The van der Waals surface area contributed by atoms with E-state index < -0.39 is 12.2 Å². The van der Waals surface area contributed by atoms with Gasteiger partial charge in [0.2, 0.25) is 6.29 Å². The molecule has 0 spiro atoms. The molecule has 0 aliphatic rings. The van der Waals surface area contributed by atoms with Crippen LogP contribution >= 0.6 is 0 Å². The van der Waals surface area contributed by atoms with E-state index in [1.165, 1.54) is 7.11 Å². The average Bonchev–Trinajstić information content (AvgIpc) is 2.41. The minimum atomic E-state index is -1.39. The van der Waals surface area contributed by atoms with Crippen molar-refractivity contribution < 1.29 is 29.2 Å². The minimum absolute atomic E-state index is 0.142. The van der Waals surface area contributed by atoms with Crippen LogP contribution in [0, 0.1) is 0 Å². The number of ether oxygens (including phenoxy) is 3. The summed E-state index contributed by atoms with van der Waals surface area (Å²) in [5.41, 5.74) is 0.585. The first-order valence-electron chi connectivity index (χ1n) is 5.57. The zero-order valence-electron chi connectivity index (χ0n) is 11.3. The molecule has 0 fully saturated rings. The van der Waals surface area contributed by atoms with Crippen LogP contribution in [0.5, 0.6) is 5.75 Å². The molecule has 0 bridgehead atoms. The first-order valence-corrected chi connectivity index (χ1v) is 5.57. The number of methoxy groups -OCH3 is 2. The Morgan fingerprint density at radius 3 is 2.32 bits per heavy atom. The summed E-state index contributed by atoms with van der Waals surface area (Å²) < 4.78 is 13.7. The molecule has 108 valence electrons. The second-order valence-electron chi connectivity index (χ2n) is 3.56. The number of benzene rings is 1. The molecule has 1 rings (SSSR count). The highest BCUT2D eigenvalue weighted by atomic mass is 16.6. The molecular weight excluding hydrogens is 252 g/mol. The highest BCUT2D eigenvalue weighted by Gasteiger charge is 2.24. The third-order valence-electron chi connectivity index (χ3n) is 2.27. The molecule has 0 saturated heterocycles. The zero-order chi connectivity index (χ0) is 14.7. The van der Waals surface area contributed by atoms with Crippen molar-refractivity contribution in [3.8, 4) is 5.75 Å². The molecule has 1 aromatic rings. The van der Waals surface area contributed by atoms with Crippen LogP contribution in [0.15, 0.2) is 24.3 Å². The zero-order valence-corrected chi connectivity index (χ0v) is 11.3. The third-order valence-corrected chi connectivity index (χ3v) is 2.27. The van der Waals surface area contributed by atoms with E-state index in [1.807, 2.05) is 0 Å². The number of para-hydroxylation sites is 1. The summed E-state index contributed by atoms with van der Waals surface area (Å²) >= 11 is 0. The molecule has 0 amide bonds. The van der Waals surface area contributed by atoms with Gasteiger partial charge >= 0.3 is 0 Å². The van der Waals surface area contributed by atoms with Gasteiger partial charge in [-0.05, 0) is 6.07 Å². The summed E-state index contributed by atoms with van der Waals surface area (Å²) in [6, 6.07) is 6.90. The van der Waals surface area contributed by atoms with E-state index in [9.17, 15) is 15.0 Å². The normalized spacial score (nSPS) is 12.7. The molecule has 0 saturated carbocycles. The highest BCUT2D eigenvalue weighted by molar-refractivity contribution is 5.40. The Balaban J connectivity index is 0.000000982. The molecule has 2 N–H and O–H groups in total. The molecule has 6 nitrogen and oxygen atoms in total. The van der Waals surface area contributed by atoms with Crippen LogP contribution in [0.2, 0.25) is 0 Å². The smallest absolute Gasteiger partial charge is 0.295 e. The molecule has 0 aliphatic heterocycles. The van der Waals surface area contributed by atoms with Gasteiger partial charge in [-0.1, -0.05) is 18.2 Å². The maximum absolute atomic E-state index is 10.1. The Kier molecular flexibility index (Phi) is 9.42. The summed E-state index contributed by atoms with van der Waals surface area (Å²) in [4.78, 5) is 10.1. The lowest BCUT2D eigenvalue weighted by atomic mass is 9.98. The van der Waals surface area contributed by atoms with Crippen molar-refractivity contribution in [2.24, 2.45) is 0 Å². The highest BCUT2D eigenvalue weighted by Crippen LogP contribution is 2.28. The number of carbonyl (C=O) groups is 1. The Hall–Kier alpha value is -1.63. The predicted octanol–water partition coefficient (Wildman–Crippen LogP) is 0.525. The van der Waals surface area contributed by atoms with E-state index in [1.54, 1.807) is 38.5 Å². The largest absolute Gasteiger partial charge is 0.496 e. The van der Waals surface area contributed by atoms with Gasteiger partial charge < -0.3 is 24.4 Å². The summed E-state index contributed by atoms with van der Waals surface area (Å²) in [6.07, 6.45) is -1.39. The molecule has 0 aromatic heterocycles. The standard InChI is InChI=1S/C11H14O5.C2H6O/c1-15-10-5-3-2-4-8(10)9(6-12)11(14)16-7-13;1-3-2/h2-5,7,9,11-12,14H,6H2,1H3;1-2H3. The number of carbonyl (C=O) groups excluding carboxylic acids is 1. The summed E-state index contributed by atoms with van der Waals surface area (Å²) in [7, 11) is 4.74. The summed E-state index contributed by atoms with van der Waals surface area (Å²) in [5.74, 6) is -0.198. The van der Waals surface area contributed by atoms with Gasteiger partial charge in [0.05, 0.1) is 19.6 Å². The van der Waals surface area contributed by atoms with Gasteiger partial charge in [0, 0.05) is 19.8 Å². The van der Waals surface area contributed by atoms with Crippen LogP contribution in [0.3, 0.4) is 0 Å². The van der Waals surface area contributed by atoms with Gasteiger partial charge in [-0.15, -0.1) is 0 Å². The number of aliphatic hydroxyl groups excluding tert-OH is 2. The average molecular weight is 272 g/mol. The fourth-order valence-electron chi connectivity index (χ4n) is 1.47. The molecule has 2 atom stereocenters. The maximum Gasteiger partial charge on any atom is 0.295 e. The monoisotopic (exact) mass is 272 g/mol. The third kappa shape index (κ3) is 5.69. The first kappa shape index (κ1) is 17.4. The molecule has 0 radical (unpaired) electrons. The number of hydrogen-bond acceptors (Lipinski definition) is 6. The first-order chi connectivity index (χ1) is 9.15. The second kappa shape index (κ2) is 10.3. The van der Waals surface area contributed by atoms with Gasteiger partial charge in [0.15, 0.2) is 0 Å². The molecule has 2 unspecified atom stereocenters. The molecular formula is C13H20O6. The molecule has 6 heteroatoms. The fraction of sp³-hybridized carbons (Fsp3) is 0.462. The summed E-state index contributed by atoms with van der Waals surface area (Å²) in [5, 5.41) is 18.7. The van der Waals surface area contributed by atoms with E-state index in [2.05, 4.69) is 9.47 Å². The van der Waals surface area contributed by atoms with Crippen LogP contribution in [0.4, 0.5) is 0 Å². The van der Waals surface area contributed by atoms with Crippen molar-refractivity contribution in [1.29, 1.82) is 0 Å². The SMILES string of the molecule is COC.COc1ccccc1C(CO)C(O)OC=O. The topological polar surface area (TPSA) is 85.2 Å². The summed E-state index contributed by atoms with van der Waals surface area (Å²) in [6.45, 7) is -0.210. The van der Waals surface area contributed by atoms with E-state index in [4.69, 9.17) is 4.74 Å². The van der Waals surface area contributed by atoms with Crippen molar-refractivity contribution in [3.63, 3.8) is 0 Å². The van der Waals surface area contributed by atoms with Crippen molar-refractivity contribution in [2.75, 3.05) is 27.9 Å². The van der Waals surface area contributed by atoms with E-state index in [0.717, 1.165) is 0 Å². The quantitative estimate of drug-likeness (QED) is 0.580. The van der Waals surface area contributed by atoms with Crippen LogP contribution in [0.1, 0.15) is 11.5 Å². The van der Waals surface area contributed by atoms with Gasteiger partial charge in [0.25, 0.3) is 6.47 Å². The van der Waals surface area contributed by atoms with Crippen LogP contribution < -0.4 is 4.74 Å². The van der Waals surface area contributed by atoms with Crippen molar-refractivity contribution in [3.05, 3.63) is 29.8 Å². The van der Waals surface area contributed by atoms with Gasteiger partial charge in [-0.25, -0.2) is 0 Å². The molecule has 19 heavy (non-hydrogen) atoms. The fourth-order valence-corrected chi connectivity index (χ4v) is 1.47. The van der Waals surface area contributed by atoms with E-state index >= 15 is 0 Å². The van der Waals surface area contributed by atoms with Crippen molar-refractivity contribution in [1.82, 2.24) is 0 Å². The molecule has 0 aliphatic carbocycles. The number of aliphatic hydroxyl groups is 2. The van der Waals surface area contributed by atoms with Crippen molar-refractivity contribution >= 4 is 6.47 Å². The van der Waals surface area contributed by atoms with Gasteiger partial charge in [0.1, 0.15) is 5.75 Å². The number of hydrogen-bond donors (Lipinski definition) is 2. The minimum Gasteiger partial charge on any atom is -0.496 e. The van der Waals surface area contributed by atoms with E-state index in [0.29, 0.717) is 11.3 Å². The van der Waals surface area contributed by atoms with E-state index in [-0.39, 0.29) is 13.1 Å². The van der Waals surface area contributed by atoms with Crippen LogP contribution in [0.25, 0.3) is 0 Å². The lowest BCUT2D eigenvalue weighted by Gasteiger charge is -2.21. The lowest BCUT2D eigenvalue weighted by Crippen LogP contribution is -2.24. The van der Waals surface area contributed by atoms with Crippen LogP contribution in [-0.4, -0.2) is 50.9 Å². The predicted molar refractivity (Wildman–Crippen MR) is 68.9 cm³/mol. The Morgan fingerprint density at radius 1 is 1.26 bits per heavy atom. The Labute approximate surface area is 112 Å². The number of rotatable bonds is 6. The Bertz CT molecular complexity index is 355. The maximum atomic E-state index is 10.1.